The molecule has 3 rings (SSSR count). The average Bonchev–Trinajstić information content (AvgIpc) is 2.89. The first-order chi connectivity index (χ1) is 6.84. The van der Waals surface area contributed by atoms with Gasteiger partial charge in [0, 0.05) is 0 Å². The molecule has 1 aromatic heterocycles. The summed E-state index contributed by atoms with van der Waals surface area (Å²) in [5.74, 6) is 2.89. The third kappa shape index (κ3) is 0.898. The first-order valence-corrected chi connectivity index (χ1v) is 4.75. The fourth-order valence-corrected chi connectivity index (χ4v) is 1.87. The highest BCUT2D eigenvalue weighted by Gasteiger charge is 2.42. The van der Waals surface area contributed by atoms with Gasteiger partial charge in [-0.15, -0.1) is 6.42 Å². The van der Waals surface area contributed by atoms with Crippen LogP contribution in [0.3, 0.4) is 0 Å². The topological polar surface area (TPSA) is 28.7 Å². The summed E-state index contributed by atoms with van der Waals surface area (Å²) in [4.78, 5) is 7.29. The second-order valence-electron chi connectivity index (χ2n) is 3.86. The van der Waals surface area contributed by atoms with Gasteiger partial charge in [0.25, 0.3) is 0 Å². The highest BCUT2D eigenvalue weighted by atomic mass is 14.9. The van der Waals surface area contributed by atoms with Crippen LogP contribution in [-0.2, 0) is 5.41 Å². The number of hydrogen-bond acceptors (Lipinski definition) is 1. The van der Waals surface area contributed by atoms with Crippen molar-refractivity contribution in [3.8, 4) is 12.3 Å². The normalized spacial score (nSPS) is 17.9. The maximum atomic E-state index is 5.54. The molecule has 2 aromatic rings. The van der Waals surface area contributed by atoms with Crippen LogP contribution < -0.4 is 0 Å². The maximum Gasteiger partial charge on any atom is 0.0931 e. The van der Waals surface area contributed by atoms with Crippen LogP contribution in [0.5, 0.6) is 0 Å². The highest BCUT2D eigenvalue weighted by molar-refractivity contribution is 5.76. The van der Waals surface area contributed by atoms with Crippen LogP contribution in [0.2, 0.25) is 0 Å². The predicted octanol–water partition coefficient (Wildman–Crippen LogP) is 2.23. The van der Waals surface area contributed by atoms with Gasteiger partial charge in [-0.25, -0.2) is 4.98 Å². The fraction of sp³-hybridized carbons (Fsp3) is 0.250. The molecule has 0 spiro atoms. The van der Waals surface area contributed by atoms with Gasteiger partial charge in [0.2, 0.25) is 0 Å². The van der Waals surface area contributed by atoms with Gasteiger partial charge in [0.15, 0.2) is 0 Å². The molecule has 0 unspecified atom stereocenters. The van der Waals surface area contributed by atoms with E-state index in [-0.39, 0.29) is 5.41 Å². The monoisotopic (exact) mass is 182 g/mol. The number of benzene rings is 1. The van der Waals surface area contributed by atoms with Crippen molar-refractivity contribution in [2.45, 2.75) is 18.3 Å². The summed E-state index contributed by atoms with van der Waals surface area (Å²) < 4.78 is 0. The molecule has 0 atom stereocenters. The van der Waals surface area contributed by atoms with Crippen LogP contribution in [0.15, 0.2) is 24.5 Å². The van der Waals surface area contributed by atoms with Crippen LogP contribution in [0.1, 0.15) is 18.4 Å². The average molecular weight is 182 g/mol. The van der Waals surface area contributed by atoms with Gasteiger partial charge < -0.3 is 4.98 Å². The third-order valence-electron chi connectivity index (χ3n) is 3.00. The molecule has 1 saturated carbocycles. The van der Waals surface area contributed by atoms with Gasteiger partial charge in [-0.05, 0) is 30.5 Å². The number of nitrogens with zero attached hydrogens (tertiary/aromatic N) is 1. The Labute approximate surface area is 82.4 Å². The lowest BCUT2D eigenvalue weighted by molar-refractivity contribution is 0.933. The molecule has 1 aliphatic rings. The number of nitrogens with one attached hydrogen (secondary N) is 1. The van der Waals surface area contributed by atoms with Gasteiger partial charge in [-0.3, -0.25) is 0 Å². The lowest BCUT2D eigenvalue weighted by Crippen LogP contribution is -2.01. The zero-order valence-corrected chi connectivity index (χ0v) is 7.75. The number of hydrogen-bond donors (Lipinski definition) is 1. The van der Waals surface area contributed by atoms with E-state index in [0.717, 1.165) is 23.9 Å². The van der Waals surface area contributed by atoms with Crippen molar-refractivity contribution in [1.82, 2.24) is 9.97 Å². The maximum absolute atomic E-state index is 5.54. The van der Waals surface area contributed by atoms with Crippen molar-refractivity contribution in [1.29, 1.82) is 0 Å². The molecular formula is C12H10N2. The van der Waals surface area contributed by atoms with Gasteiger partial charge in [0.05, 0.1) is 22.8 Å². The zero-order chi connectivity index (χ0) is 9.60. The van der Waals surface area contributed by atoms with E-state index in [1.807, 2.05) is 6.07 Å². The summed E-state index contributed by atoms with van der Waals surface area (Å²) in [6, 6.07) is 6.24. The number of aromatic nitrogens is 2. The van der Waals surface area contributed by atoms with Crippen molar-refractivity contribution in [2.75, 3.05) is 0 Å². The minimum Gasteiger partial charge on any atom is -0.345 e. The Morgan fingerprint density at radius 3 is 3.00 bits per heavy atom. The number of aromatic amines is 1. The summed E-state index contributed by atoms with van der Waals surface area (Å²) in [6.45, 7) is 0. The second-order valence-corrected chi connectivity index (χ2v) is 3.86. The molecule has 0 bridgehead atoms. The molecule has 14 heavy (non-hydrogen) atoms. The van der Waals surface area contributed by atoms with E-state index in [9.17, 15) is 0 Å². The summed E-state index contributed by atoms with van der Waals surface area (Å²) in [6.07, 6.45) is 9.49. The molecular weight excluding hydrogens is 172 g/mol. The molecule has 68 valence electrons. The molecule has 0 radical (unpaired) electrons. The summed E-state index contributed by atoms with van der Waals surface area (Å²) in [5, 5.41) is 0. The second kappa shape index (κ2) is 2.39. The van der Waals surface area contributed by atoms with Crippen LogP contribution >= 0.6 is 0 Å². The minimum absolute atomic E-state index is 0.0271. The first-order valence-electron chi connectivity index (χ1n) is 4.75. The number of H-pyrrole nitrogens is 1. The molecule has 0 amide bonds. The molecule has 1 aromatic carbocycles. The summed E-state index contributed by atoms with van der Waals surface area (Å²) in [5.41, 5.74) is 3.35. The fourth-order valence-electron chi connectivity index (χ4n) is 1.87. The van der Waals surface area contributed by atoms with Gasteiger partial charge >= 0.3 is 0 Å². The Morgan fingerprint density at radius 2 is 2.29 bits per heavy atom. The van der Waals surface area contributed by atoms with E-state index < -0.39 is 0 Å². The summed E-state index contributed by atoms with van der Waals surface area (Å²) >= 11 is 0. The van der Waals surface area contributed by atoms with Crippen LogP contribution in [0.4, 0.5) is 0 Å². The Morgan fingerprint density at radius 1 is 1.43 bits per heavy atom. The quantitative estimate of drug-likeness (QED) is 0.673. The van der Waals surface area contributed by atoms with E-state index >= 15 is 0 Å². The first kappa shape index (κ1) is 7.64. The Balaban J connectivity index is 2.19. The van der Waals surface area contributed by atoms with Crippen LogP contribution in [-0.4, -0.2) is 9.97 Å². The smallest absolute Gasteiger partial charge is 0.0931 e. The predicted molar refractivity (Wildman–Crippen MR) is 55.8 cm³/mol. The highest BCUT2D eigenvalue weighted by Crippen LogP contribution is 2.47. The van der Waals surface area contributed by atoms with E-state index in [4.69, 9.17) is 6.42 Å². The zero-order valence-electron chi connectivity index (χ0n) is 7.75. The van der Waals surface area contributed by atoms with Crippen LogP contribution in [0, 0.1) is 12.3 Å². The van der Waals surface area contributed by atoms with E-state index in [0.29, 0.717) is 0 Å². The molecule has 0 aliphatic heterocycles. The molecule has 1 N–H and O–H groups in total. The van der Waals surface area contributed by atoms with Crippen molar-refractivity contribution >= 4 is 11.0 Å². The molecule has 1 heterocycles. The van der Waals surface area contributed by atoms with Gasteiger partial charge in [-0.1, -0.05) is 12.0 Å². The molecule has 2 heteroatoms. The lowest BCUT2D eigenvalue weighted by Gasteiger charge is -2.06. The van der Waals surface area contributed by atoms with Crippen molar-refractivity contribution in [2.24, 2.45) is 0 Å². The molecule has 1 fully saturated rings. The summed E-state index contributed by atoms with van der Waals surface area (Å²) in [7, 11) is 0. The Bertz CT molecular complexity index is 526. The Kier molecular flexibility index (Phi) is 1.30. The van der Waals surface area contributed by atoms with E-state index in [1.165, 1.54) is 5.56 Å². The van der Waals surface area contributed by atoms with Crippen molar-refractivity contribution in [3.05, 3.63) is 30.1 Å². The minimum atomic E-state index is 0.0271. The van der Waals surface area contributed by atoms with E-state index in [1.54, 1.807) is 6.33 Å². The van der Waals surface area contributed by atoms with Crippen molar-refractivity contribution < 1.29 is 0 Å². The number of rotatable bonds is 1. The van der Waals surface area contributed by atoms with Gasteiger partial charge in [0.1, 0.15) is 0 Å². The molecule has 2 nitrogen and oxygen atoms in total. The molecule has 0 saturated heterocycles. The van der Waals surface area contributed by atoms with Gasteiger partial charge in [-0.2, -0.15) is 0 Å². The number of terminal acetylenes is 1. The van der Waals surface area contributed by atoms with Crippen LogP contribution in [0.25, 0.3) is 11.0 Å². The SMILES string of the molecule is C#CC1(c2ccc3nc[nH]c3c2)CC1. The van der Waals surface area contributed by atoms with E-state index in [2.05, 4.69) is 28.0 Å². The standard InChI is InChI=1S/C12H10N2/c1-2-12(5-6-12)9-3-4-10-11(7-9)14-8-13-10/h1,3-4,7-8H,5-6H2,(H,13,14). The third-order valence-corrected chi connectivity index (χ3v) is 3.00. The van der Waals surface area contributed by atoms with Crippen molar-refractivity contribution in [3.63, 3.8) is 0 Å². The molecule has 1 aliphatic carbocycles. The Hall–Kier alpha value is -1.75. The lowest BCUT2D eigenvalue weighted by atomic mass is 9.97. The largest absolute Gasteiger partial charge is 0.345 e. The number of fused-ring (bicyclic) bond motifs is 1. The number of imidazole rings is 1.